The van der Waals surface area contributed by atoms with Crippen molar-refractivity contribution in [3.05, 3.63) is 30.3 Å². The van der Waals surface area contributed by atoms with Gasteiger partial charge in [-0.2, -0.15) is 0 Å². The van der Waals surface area contributed by atoms with E-state index in [1.54, 1.807) is 4.90 Å². The fraction of sp³-hybridized carbons (Fsp3) is 0.364. The van der Waals surface area contributed by atoms with Crippen LogP contribution in [0.2, 0.25) is 0 Å². The first-order chi connectivity index (χ1) is 7.11. The molecule has 1 aromatic carbocycles. The molecule has 0 spiro atoms. The number of hydrogen-bond acceptors (Lipinski definition) is 3. The third-order valence-corrected chi connectivity index (χ3v) is 2.36. The molecule has 0 radical (unpaired) electrons. The standard InChI is InChI=1S/C11H15NO2S/c1-12(2)10(11(13)15)8-14-9-6-4-3-5-7-9/h3-7,10H,8H2,1-2H3,(H,13,15)/t10-/m0/s1. The average molecular weight is 225 g/mol. The van der Waals surface area contributed by atoms with Crippen molar-refractivity contribution in [2.45, 2.75) is 6.04 Å². The van der Waals surface area contributed by atoms with Crippen LogP contribution in [0.4, 0.5) is 0 Å². The molecule has 0 amide bonds. The molecular weight excluding hydrogens is 210 g/mol. The van der Waals surface area contributed by atoms with Gasteiger partial charge in [0.25, 0.3) is 0 Å². The second kappa shape index (κ2) is 5.78. The topological polar surface area (TPSA) is 29.5 Å². The van der Waals surface area contributed by atoms with Gasteiger partial charge in [0.2, 0.25) is 5.12 Å². The van der Waals surface area contributed by atoms with Crippen LogP contribution in [-0.2, 0) is 4.79 Å². The number of benzene rings is 1. The number of thiol groups is 1. The molecular formula is C11H15NO2S. The molecule has 0 saturated carbocycles. The van der Waals surface area contributed by atoms with E-state index in [0.717, 1.165) is 5.75 Å². The largest absolute Gasteiger partial charge is 0.491 e. The molecule has 1 atom stereocenters. The number of carbonyl (C=O) groups is 1. The summed E-state index contributed by atoms with van der Waals surface area (Å²) in [6.07, 6.45) is 0. The van der Waals surface area contributed by atoms with Crippen LogP contribution in [0.25, 0.3) is 0 Å². The quantitative estimate of drug-likeness (QED) is 0.769. The molecule has 0 heterocycles. The molecule has 0 bridgehead atoms. The van der Waals surface area contributed by atoms with Gasteiger partial charge in [-0.25, -0.2) is 0 Å². The normalized spacial score (nSPS) is 12.5. The Hall–Kier alpha value is -1.000. The Morgan fingerprint density at radius 3 is 2.47 bits per heavy atom. The van der Waals surface area contributed by atoms with Gasteiger partial charge >= 0.3 is 0 Å². The summed E-state index contributed by atoms with van der Waals surface area (Å²) in [7, 11) is 3.65. The zero-order valence-corrected chi connectivity index (χ0v) is 9.78. The molecule has 3 nitrogen and oxygen atoms in total. The molecule has 0 aliphatic heterocycles. The third-order valence-electron chi connectivity index (χ3n) is 2.06. The van der Waals surface area contributed by atoms with Gasteiger partial charge in [-0.15, -0.1) is 12.6 Å². The van der Waals surface area contributed by atoms with Crippen LogP contribution in [0, 0.1) is 0 Å². The van der Waals surface area contributed by atoms with Gasteiger partial charge in [0, 0.05) is 0 Å². The Kier molecular flexibility index (Phi) is 4.65. The minimum absolute atomic E-state index is 0.184. The van der Waals surface area contributed by atoms with Crippen molar-refractivity contribution in [1.82, 2.24) is 4.90 Å². The minimum Gasteiger partial charge on any atom is -0.491 e. The highest BCUT2D eigenvalue weighted by atomic mass is 32.1. The van der Waals surface area contributed by atoms with Gasteiger partial charge in [-0.3, -0.25) is 9.69 Å². The van der Waals surface area contributed by atoms with Crippen LogP contribution in [0.1, 0.15) is 0 Å². The van der Waals surface area contributed by atoms with Crippen molar-refractivity contribution in [3.8, 4) is 5.75 Å². The zero-order valence-electron chi connectivity index (χ0n) is 8.88. The van der Waals surface area contributed by atoms with Gasteiger partial charge in [0.1, 0.15) is 18.4 Å². The monoisotopic (exact) mass is 225 g/mol. The molecule has 0 fully saturated rings. The first-order valence-electron chi connectivity index (χ1n) is 4.68. The first kappa shape index (κ1) is 12.1. The summed E-state index contributed by atoms with van der Waals surface area (Å²) >= 11 is 3.82. The number of hydrogen-bond donors (Lipinski definition) is 1. The molecule has 0 unspecified atom stereocenters. The first-order valence-corrected chi connectivity index (χ1v) is 5.13. The Balaban J connectivity index is 2.51. The Bertz CT molecular complexity index is 314. The van der Waals surface area contributed by atoms with Crippen molar-refractivity contribution in [2.24, 2.45) is 0 Å². The summed E-state index contributed by atoms with van der Waals surface area (Å²) in [5.41, 5.74) is 0. The summed E-state index contributed by atoms with van der Waals surface area (Å²) in [5.74, 6) is 0.763. The summed E-state index contributed by atoms with van der Waals surface area (Å²) < 4.78 is 5.48. The van der Waals surface area contributed by atoms with Gasteiger partial charge in [0.05, 0.1) is 0 Å². The Morgan fingerprint density at radius 2 is 2.00 bits per heavy atom. The van der Waals surface area contributed by atoms with E-state index in [9.17, 15) is 4.79 Å². The zero-order chi connectivity index (χ0) is 11.3. The second-order valence-corrected chi connectivity index (χ2v) is 3.88. The van der Waals surface area contributed by atoms with Gasteiger partial charge < -0.3 is 4.74 Å². The number of rotatable bonds is 5. The van der Waals surface area contributed by atoms with Crippen molar-refractivity contribution in [3.63, 3.8) is 0 Å². The van der Waals surface area contributed by atoms with Crippen LogP contribution >= 0.6 is 12.6 Å². The maximum Gasteiger partial charge on any atom is 0.206 e. The number of carbonyl (C=O) groups excluding carboxylic acids is 1. The molecule has 1 rings (SSSR count). The van der Waals surface area contributed by atoms with Crippen LogP contribution in [0.5, 0.6) is 5.75 Å². The number of ether oxygens (including phenoxy) is 1. The van der Waals surface area contributed by atoms with Crippen LogP contribution in [0.3, 0.4) is 0 Å². The molecule has 0 saturated heterocycles. The predicted molar refractivity (Wildman–Crippen MR) is 63.4 cm³/mol. The van der Waals surface area contributed by atoms with E-state index < -0.39 is 0 Å². The lowest BCUT2D eigenvalue weighted by atomic mass is 10.3. The second-order valence-electron chi connectivity index (χ2n) is 3.44. The number of para-hydroxylation sites is 1. The molecule has 82 valence electrons. The molecule has 0 aliphatic rings. The fourth-order valence-corrected chi connectivity index (χ4v) is 1.44. The highest BCUT2D eigenvalue weighted by molar-refractivity contribution is 7.96. The molecule has 4 heteroatoms. The number of likely N-dealkylation sites (N-methyl/N-ethyl adjacent to an activating group) is 1. The number of nitrogens with zero attached hydrogens (tertiary/aromatic N) is 1. The Labute approximate surface area is 95.4 Å². The van der Waals surface area contributed by atoms with E-state index in [-0.39, 0.29) is 11.2 Å². The van der Waals surface area contributed by atoms with Crippen LogP contribution in [-0.4, -0.2) is 36.8 Å². The summed E-state index contributed by atoms with van der Waals surface area (Å²) in [4.78, 5) is 12.9. The van der Waals surface area contributed by atoms with Crippen molar-refractivity contribution in [1.29, 1.82) is 0 Å². The lowest BCUT2D eigenvalue weighted by molar-refractivity contribution is -0.115. The molecule has 1 aromatic rings. The van der Waals surface area contributed by atoms with E-state index in [1.165, 1.54) is 0 Å². The smallest absolute Gasteiger partial charge is 0.206 e. The molecule has 0 aromatic heterocycles. The van der Waals surface area contributed by atoms with Crippen LogP contribution < -0.4 is 4.74 Å². The molecule has 0 aliphatic carbocycles. The maximum atomic E-state index is 11.1. The summed E-state index contributed by atoms with van der Waals surface area (Å²) in [6.45, 7) is 0.319. The van der Waals surface area contributed by atoms with E-state index in [4.69, 9.17) is 4.74 Å². The molecule has 15 heavy (non-hydrogen) atoms. The predicted octanol–water partition coefficient (Wildman–Crippen LogP) is 1.45. The van der Waals surface area contributed by atoms with Crippen molar-refractivity contribution < 1.29 is 9.53 Å². The van der Waals surface area contributed by atoms with Gasteiger partial charge in [-0.1, -0.05) is 18.2 Å². The third kappa shape index (κ3) is 3.93. The maximum absolute atomic E-state index is 11.1. The van der Waals surface area contributed by atoms with E-state index in [0.29, 0.717) is 6.61 Å². The van der Waals surface area contributed by atoms with E-state index in [1.807, 2.05) is 44.4 Å². The average Bonchev–Trinajstić information content (AvgIpc) is 2.18. The molecule has 0 N–H and O–H groups in total. The lowest BCUT2D eigenvalue weighted by Crippen LogP contribution is -2.38. The van der Waals surface area contributed by atoms with E-state index in [2.05, 4.69) is 12.6 Å². The van der Waals surface area contributed by atoms with Crippen molar-refractivity contribution in [2.75, 3.05) is 20.7 Å². The Morgan fingerprint density at radius 1 is 1.40 bits per heavy atom. The highest BCUT2D eigenvalue weighted by Crippen LogP contribution is 2.10. The summed E-state index contributed by atoms with van der Waals surface area (Å²) in [6, 6.07) is 9.10. The van der Waals surface area contributed by atoms with E-state index >= 15 is 0 Å². The fourth-order valence-electron chi connectivity index (χ4n) is 1.13. The SMILES string of the molecule is CN(C)[C@@H](COc1ccccc1)C(=O)S. The summed E-state index contributed by atoms with van der Waals surface area (Å²) in [5, 5.41) is -0.184. The van der Waals surface area contributed by atoms with Gasteiger partial charge in [-0.05, 0) is 26.2 Å². The van der Waals surface area contributed by atoms with Gasteiger partial charge in [0.15, 0.2) is 0 Å². The van der Waals surface area contributed by atoms with Crippen LogP contribution in [0.15, 0.2) is 30.3 Å². The van der Waals surface area contributed by atoms with Crippen molar-refractivity contribution >= 4 is 17.7 Å². The lowest BCUT2D eigenvalue weighted by Gasteiger charge is -2.20. The minimum atomic E-state index is -0.312. The highest BCUT2D eigenvalue weighted by Gasteiger charge is 2.18.